The number of thioether (sulfide) groups is 1. The fourth-order valence-corrected chi connectivity index (χ4v) is 3.28. The maximum Gasteiger partial charge on any atom is 0.215 e. The van der Waals surface area contributed by atoms with E-state index < -0.39 is 10.0 Å². The van der Waals surface area contributed by atoms with Crippen LogP contribution in [0.4, 0.5) is 0 Å². The van der Waals surface area contributed by atoms with Crippen LogP contribution in [0.5, 0.6) is 0 Å². The molecule has 1 rings (SSSR count). The lowest BCUT2D eigenvalue weighted by Crippen LogP contribution is -2.30. The molecule has 6 heteroatoms. The number of rotatable bonds is 9. The standard InChI is InChI=1S/C14H24N2O2S2/c1-4-15-10-13-6-5-7-14(8-13)11-20(17,18)16-9-12(2)19-3/h5-8,12,15-16H,4,9-11H2,1-3H3. The van der Waals surface area contributed by atoms with E-state index in [2.05, 4.69) is 10.0 Å². The van der Waals surface area contributed by atoms with Gasteiger partial charge in [0.15, 0.2) is 0 Å². The highest BCUT2D eigenvalue weighted by Crippen LogP contribution is 2.10. The van der Waals surface area contributed by atoms with Gasteiger partial charge in [0.25, 0.3) is 0 Å². The molecule has 1 aromatic carbocycles. The minimum absolute atomic E-state index is 0.0358. The van der Waals surface area contributed by atoms with Crippen LogP contribution in [0.1, 0.15) is 25.0 Å². The van der Waals surface area contributed by atoms with Crippen LogP contribution in [-0.4, -0.2) is 33.0 Å². The average Bonchev–Trinajstić information content (AvgIpc) is 2.42. The van der Waals surface area contributed by atoms with Crippen LogP contribution in [0.3, 0.4) is 0 Å². The Labute approximate surface area is 126 Å². The lowest BCUT2D eigenvalue weighted by molar-refractivity contribution is 0.580. The summed E-state index contributed by atoms with van der Waals surface area (Å²) in [6, 6.07) is 7.70. The van der Waals surface area contributed by atoms with Gasteiger partial charge in [-0.25, -0.2) is 13.1 Å². The molecule has 0 radical (unpaired) electrons. The number of sulfonamides is 1. The summed E-state index contributed by atoms with van der Waals surface area (Å²) >= 11 is 1.65. The van der Waals surface area contributed by atoms with Crippen molar-refractivity contribution in [2.24, 2.45) is 0 Å². The van der Waals surface area contributed by atoms with E-state index in [1.807, 2.05) is 44.4 Å². The minimum Gasteiger partial charge on any atom is -0.313 e. The molecule has 114 valence electrons. The predicted octanol–water partition coefficient (Wildman–Crippen LogP) is 1.97. The molecule has 4 nitrogen and oxygen atoms in total. The highest BCUT2D eigenvalue weighted by Gasteiger charge is 2.13. The van der Waals surface area contributed by atoms with Crippen molar-refractivity contribution in [3.63, 3.8) is 0 Å². The minimum atomic E-state index is -3.26. The molecule has 0 aliphatic rings. The maximum absolute atomic E-state index is 12.0. The fraction of sp³-hybridized carbons (Fsp3) is 0.571. The first-order valence-electron chi connectivity index (χ1n) is 6.75. The quantitative estimate of drug-likeness (QED) is 0.731. The third-order valence-electron chi connectivity index (χ3n) is 2.92. The monoisotopic (exact) mass is 316 g/mol. The lowest BCUT2D eigenvalue weighted by Gasteiger charge is -2.11. The Hall–Kier alpha value is -0.560. The Morgan fingerprint density at radius 3 is 2.65 bits per heavy atom. The van der Waals surface area contributed by atoms with Crippen LogP contribution >= 0.6 is 11.8 Å². The van der Waals surface area contributed by atoms with Gasteiger partial charge in [-0.2, -0.15) is 11.8 Å². The predicted molar refractivity (Wildman–Crippen MR) is 87.4 cm³/mol. The number of nitrogens with one attached hydrogen (secondary N) is 2. The zero-order valence-corrected chi connectivity index (χ0v) is 14.0. The van der Waals surface area contributed by atoms with E-state index in [9.17, 15) is 8.42 Å². The summed E-state index contributed by atoms with van der Waals surface area (Å²) in [5.74, 6) is 0.0358. The topological polar surface area (TPSA) is 58.2 Å². The molecule has 0 fully saturated rings. The number of benzene rings is 1. The van der Waals surface area contributed by atoms with E-state index in [-0.39, 0.29) is 11.0 Å². The highest BCUT2D eigenvalue weighted by atomic mass is 32.2. The van der Waals surface area contributed by atoms with E-state index in [0.29, 0.717) is 6.54 Å². The smallest absolute Gasteiger partial charge is 0.215 e. The van der Waals surface area contributed by atoms with Crippen molar-refractivity contribution in [2.75, 3.05) is 19.3 Å². The molecule has 1 aromatic rings. The Bertz CT molecular complexity index is 504. The fourth-order valence-electron chi connectivity index (χ4n) is 1.70. The molecular weight excluding hydrogens is 292 g/mol. The summed E-state index contributed by atoms with van der Waals surface area (Å²) in [5, 5.41) is 3.52. The molecule has 1 atom stereocenters. The Balaban J connectivity index is 2.62. The molecule has 0 heterocycles. The van der Waals surface area contributed by atoms with Crippen LogP contribution < -0.4 is 10.0 Å². The van der Waals surface area contributed by atoms with Gasteiger partial charge in [0.05, 0.1) is 5.75 Å². The second-order valence-corrected chi connectivity index (χ2v) is 7.84. The maximum atomic E-state index is 12.0. The summed E-state index contributed by atoms with van der Waals surface area (Å²) < 4.78 is 26.7. The molecule has 0 aliphatic carbocycles. The summed E-state index contributed by atoms with van der Waals surface area (Å²) in [5.41, 5.74) is 1.93. The van der Waals surface area contributed by atoms with Crippen molar-refractivity contribution in [1.82, 2.24) is 10.0 Å². The van der Waals surface area contributed by atoms with Crippen molar-refractivity contribution in [2.45, 2.75) is 31.4 Å². The van der Waals surface area contributed by atoms with Crippen LogP contribution in [-0.2, 0) is 22.3 Å². The van der Waals surface area contributed by atoms with Crippen LogP contribution in [0.15, 0.2) is 24.3 Å². The molecule has 2 N–H and O–H groups in total. The largest absolute Gasteiger partial charge is 0.313 e. The first-order chi connectivity index (χ1) is 9.46. The van der Waals surface area contributed by atoms with Crippen molar-refractivity contribution in [1.29, 1.82) is 0 Å². The van der Waals surface area contributed by atoms with Crippen molar-refractivity contribution in [3.05, 3.63) is 35.4 Å². The molecule has 0 aliphatic heterocycles. The summed E-state index contributed by atoms with van der Waals surface area (Å²) in [6.45, 7) is 6.19. The van der Waals surface area contributed by atoms with Crippen LogP contribution in [0.2, 0.25) is 0 Å². The highest BCUT2D eigenvalue weighted by molar-refractivity contribution is 7.99. The van der Waals surface area contributed by atoms with Gasteiger partial charge in [-0.1, -0.05) is 38.1 Å². The molecule has 0 aromatic heterocycles. The van der Waals surface area contributed by atoms with E-state index >= 15 is 0 Å². The van der Waals surface area contributed by atoms with Gasteiger partial charge in [0.2, 0.25) is 10.0 Å². The zero-order chi connectivity index (χ0) is 15.0. The van der Waals surface area contributed by atoms with Crippen molar-refractivity contribution >= 4 is 21.8 Å². The average molecular weight is 316 g/mol. The first-order valence-corrected chi connectivity index (χ1v) is 9.69. The van der Waals surface area contributed by atoms with Gasteiger partial charge in [-0.05, 0) is 23.9 Å². The molecular formula is C14H24N2O2S2. The number of hydrogen-bond acceptors (Lipinski definition) is 4. The lowest BCUT2D eigenvalue weighted by atomic mass is 10.1. The molecule has 20 heavy (non-hydrogen) atoms. The van der Waals surface area contributed by atoms with Crippen LogP contribution in [0, 0.1) is 0 Å². The molecule has 0 spiro atoms. The van der Waals surface area contributed by atoms with Gasteiger partial charge in [-0.3, -0.25) is 0 Å². The van der Waals surface area contributed by atoms with E-state index in [1.165, 1.54) is 0 Å². The van der Waals surface area contributed by atoms with Crippen molar-refractivity contribution in [3.8, 4) is 0 Å². The summed E-state index contributed by atoms with van der Waals surface area (Å²) in [7, 11) is -3.26. The SMILES string of the molecule is CCNCc1cccc(CS(=O)(=O)NCC(C)SC)c1. The third-order valence-corrected chi connectivity index (χ3v) is 5.21. The first kappa shape index (κ1) is 17.5. The van der Waals surface area contributed by atoms with Gasteiger partial charge in [0, 0.05) is 18.3 Å². The third kappa shape index (κ3) is 6.74. The Morgan fingerprint density at radius 2 is 2.00 bits per heavy atom. The molecule has 0 saturated heterocycles. The zero-order valence-electron chi connectivity index (χ0n) is 12.3. The second-order valence-electron chi connectivity index (χ2n) is 4.75. The molecule has 0 bridgehead atoms. The Kier molecular flexibility index (Phi) is 7.58. The van der Waals surface area contributed by atoms with Gasteiger partial charge in [0.1, 0.15) is 0 Å². The Morgan fingerprint density at radius 1 is 1.30 bits per heavy atom. The van der Waals surface area contributed by atoms with Crippen LogP contribution in [0.25, 0.3) is 0 Å². The summed E-state index contributed by atoms with van der Waals surface area (Å²) in [6.07, 6.45) is 1.98. The van der Waals surface area contributed by atoms with Gasteiger partial charge in [-0.15, -0.1) is 0 Å². The number of hydrogen-bond donors (Lipinski definition) is 2. The van der Waals surface area contributed by atoms with E-state index in [0.717, 1.165) is 24.2 Å². The molecule has 0 amide bonds. The van der Waals surface area contributed by atoms with Crippen molar-refractivity contribution < 1.29 is 8.42 Å². The van der Waals surface area contributed by atoms with Gasteiger partial charge < -0.3 is 5.32 Å². The van der Waals surface area contributed by atoms with Gasteiger partial charge >= 0.3 is 0 Å². The molecule has 1 unspecified atom stereocenters. The second kappa shape index (κ2) is 8.67. The summed E-state index contributed by atoms with van der Waals surface area (Å²) in [4.78, 5) is 0. The molecule has 0 saturated carbocycles. The normalized spacial score (nSPS) is 13.3. The van der Waals surface area contributed by atoms with E-state index in [1.54, 1.807) is 11.8 Å². The van der Waals surface area contributed by atoms with E-state index in [4.69, 9.17) is 0 Å².